The molecule has 0 aromatic carbocycles. The first-order valence-corrected chi connectivity index (χ1v) is 12.7. The van der Waals surface area contributed by atoms with E-state index < -0.39 is 5.97 Å². The summed E-state index contributed by atoms with van der Waals surface area (Å²) in [6, 6.07) is 0. The van der Waals surface area contributed by atoms with Crippen molar-refractivity contribution >= 4 is 17.7 Å². The zero-order valence-electron chi connectivity index (χ0n) is 20.3. The molecule has 0 saturated heterocycles. The highest BCUT2D eigenvalue weighted by molar-refractivity contribution is 8.03. The van der Waals surface area contributed by atoms with E-state index >= 15 is 0 Å². The number of allylic oxidation sites excluding steroid dienone is 9. The number of carboxylic acids is 1. The fourth-order valence-electron chi connectivity index (χ4n) is 3.48. The summed E-state index contributed by atoms with van der Waals surface area (Å²) in [7, 11) is 0. The predicted molar refractivity (Wildman–Crippen MR) is 139 cm³/mol. The lowest BCUT2D eigenvalue weighted by molar-refractivity contribution is -0.132. The van der Waals surface area contributed by atoms with Crippen LogP contribution in [-0.4, -0.2) is 16.8 Å². The summed E-state index contributed by atoms with van der Waals surface area (Å²) in [5.74, 6) is 0.0241. The van der Waals surface area contributed by atoms with E-state index in [-0.39, 0.29) is 0 Å². The topological polar surface area (TPSA) is 37.3 Å². The quantitative estimate of drug-likeness (QED) is 0.273. The van der Waals surface area contributed by atoms with Gasteiger partial charge < -0.3 is 5.11 Å². The summed E-state index contributed by atoms with van der Waals surface area (Å²) >= 11 is 1.63. The van der Waals surface area contributed by atoms with E-state index in [0.717, 1.165) is 62.0 Å². The lowest BCUT2D eigenvalue weighted by atomic mass is 10.0. The fraction of sp³-hybridized carbons (Fsp3) is 0.536. The Balaban J connectivity index is 2.34. The van der Waals surface area contributed by atoms with E-state index in [1.54, 1.807) is 17.3 Å². The Morgan fingerprint density at radius 3 is 2.16 bits per heavy atom. The molecular formula is C28H42O2S. The number of carboxylic acid groups (broad SMARTS) is 1. The first-order chi connectivity index (χ1) is 14.8. The molecule has 0 amide bonds. The minimum absolute atomic E-state index is 0.470. The number of carbonyl (C=O) groups is 1. The van der Waals surface area contributed by atoms with Crippen molar-refractivity contribution in [2.75, 3.05) is 5.75 Å². The number of rotatable bonds is 14. The highest BCUT2D eigenvalue weighted by Crippen LogP contribution is 2.29. The van der Waals surface area contributed by atoms with E-state index in [1.807, 2.05) is 6.08 Å². The Labute approximate surface area is 195 Å². The molecule has 0 heterocycles. The second-order valence-corrected chi connectivity index (χ2v) is 9.66. The van der Waals surface area contributed by atoms with Crippen LogP contribution in [0.2, 0.25) is 0 Å². The van der Waals surface area contributed by atoms with Crippen molar-refractivity contribution in [2.45, 2.75) is 92.4 Å². The lowest BCUT2D eigenvalue weighted by Crippen LogP contribution is -2.04. The Morgan fingerprint density at radius 2 is 1.52 bits per heavy atom. The average Bonchev–Trinajstić information content (AvgIpc) is 2.72. The van der Waals surface area contributed by atoms with Crippen LogP contribution in [0.4, 0.5) is 0 Å². The molecule has 0 atom stereocenters. The van der Waals surface area contributed by atoms with Crippen LogP contribution in [0, 0.1) is 0 Å². The fourth-order valence-corrected chi connectivity index (χ4v) is 4.59. The maximum atomic E-state index is 11.3. The number of hydrogen-bond donors (Lipinski definition) is 1. The van der Waals surface area contributed by atoms with Gasteiger partial charge in [-0.15, -0.1) is 11.8 Å². The van der Waals surface area contributed by atoms with E-state index in [2.05, 4.69) is 65.0 Å². The van der Waals surface area contributed by atoms with Gasteiger partial charge in [0.25, 0.3) is 0 Å². The van der Waals surface area contributed by atoms with Crippen LogP contribution in [0.25, 0.3) is 0 Å². The van der Waals surface area contributed by atoms with Crippen molar-refractivity contribution in [3.05, 3.63) is 69.2 Å². The maximum absolute atomic E-state index is 11.3. The summed E-state index contributed by atoms with van der Waals surface area (Å²) in [6.07, 6.45) is 23.0. The molecule has 0 aliphatic heterocycles. The lowest BCUT2D eigenvalue weighted by Gasteiger charge is -2.11. The molecule has 1 N–H and O–H groups in total. The van der Waals surface area contributed by atoms with Crippen molar-refractivity contribution in [2.24, 2.45) is 0 Å². The molecule has 2 nitrogen and oxygen atoms in total. The Hall–Kier alpha value is -1.74. The zero-order chi connectivity index (χ0) is 23.1. The van der Waals surface area contributed by atoms with Crippen molar-refractivity contribution in [1.82, 2.24) is 0 Å². The normalized spacial score (nSPS) is 15.5. The summed E-state index contributed by atoms with van der Waals surface area (Å²) in [6.45, 7) is 11.0. The van der Waals surface area contributed by atoms with Crippen molar-refractivity contribution < 1.29 is 9.90 Å². The molecule has 0 unspecified atom stereocenters. The SMILES string of the molecule is CC/C(=C\CC/C(C)=C/CC/C(C)=C/CSC1=CCCC=C1C(=O)O)CCC=C(C)C. The third-order valence-corrected chi connectivity index (χ3v) is 6.52. The maximum Gasteiger partial charge on any atom is 0.336 e. The number of thioether (sulfide) groups is 1. The molecule has 0 bridgehead atoms. The molecule has 172 valence electrons. The molecule has 0 radical (unpaired) electrons. The largest absolute Gasteiger partial charge is 0.478 e. The van der Waals surface area contributed by atoms with Crippen LogP contribution >= 0.6 is 11.8 Å². The number of hydrogen-bond acceptors (Lipinski definition) is 2. The second-order valence-electron chi connectivity index (χ2n) is 8.59. The Kier molecular flexibility index (Phi) is 14.1. The Bertz CT molecular complexity index is 756. The minimum atomic E-state index is -0.812. The standard InChI is InChI=1S/C28H42O2S/c1-6-25(16-9-12-22(2)3)17-11-15-23(4)13-10-14-24(5)20-21-31-27-19-8-7-18-26(27)28(29)30/h12-13,17-20H,6-11,14-16,21H2,1-5H3,(H,29,30)/b23-13+,24-20+,25-17+. The molecule has 0 spiro atoms. The summed E-state index contributed by atoms with van der Waals surface area (Å²) < 4.78 is 0. The highest BCUT2D eigenvalue weighted by atomic mass is 32.2. The zero-order valence-corrected chi connectivity index (χ0v) is 21.1. The van der Waals surface area contributed by atoms with E-state index in [9.17, 15) is 9.90 Å². The third kappa shape index (κ3) is 12.6. The highest BCUT2D eigenvalue weighted by Gasteiger charge is 2.15. The van der Waals surface area contributed by atoms with E-state index in [4.69, 9.17) is 0 Å². The van der Waals surface area contributed by atoms with Crippen LogP contribution < -0.4 is 0 Å². The molecule has 1 aliphatic carbocycles. The van der Waals surface area contributed by atoms with Gasteiger partial charge in [-0.05, 0) is 85.5 Å². The molecule has 0 fully saturated rings. The average molecular weight is 443 g/mol. The van der Waals surface area contributed by atoms with Crippen molar-refractivity contribution in [3.8, 4) is 0 Å². The third-order valence-electron chi connectivity index (χ3n) is 5.49. The van der Waals surface area contributed by atoms with E-state index in [0.29, 0.717) is 5.57 Å². The van der Waals surface area contributed by atoms with E-state index in [1.165, 1.54) is 23.1 Å². The minimum Gasteiger partial charge on any atom is -0.478 e. The molecule has 1 rings (SSSR count). The van der Waals surface area contributed by atoms with Gasteiger partial charge in [-0.2, -0.15) is 0 Å². The van der Waals surface area contributed by atoms with Crippen LogP contribution in [0.15, 0.2) is 69.2 Å². The summed E-state index contributed by atoms with van der Waals surface area (Å²) in [5.41, 5.74) is 6.31. The predicted octanol–water partition coefficient (Wildman–Crippen LogP) is 8.94. The smallest absolute Gasteiger partial charge is 0.336 e. The second kappa shape index (κ2) is 16.0. The molecule has 0 saturated carbocycles. The van der Waals surface area contributed by atoms with Crippen molar-refractivity contribution in [3.63, 3.8) is 0 Å². The summed E-state index contributed by atoms with van der Waals surface area (Å²) in [5, 5.41) is 9.30. The first-order valence-electron chi connectivity index (χ1n) is 11.7. The van der Waals surface area contributed by atoms with Crippen LogP contribution in [-0.2, 0) is 4.79 Å². The molecule has 1 aliphatic rings. The van der Waals surface area contributed by atoms with Gasteiger partial charge in [0.2, 0.25) is 0 Å². The monoisotopic (exact) mass is 442 g/mol. The van der Waals surface area contributed by atoms with Gasteiger partial charge in [-0.3, -0.25) is 0 Å². The molecule has 0 aromatic heterocycles. The van der Waals surface area contributed by atoms with Gasteiger partial charge >= 0.3 is 5.97 Å². The molecule has 31 heavy (non-hydrogen) atoms. The van der Waals surface area contributed by atoms with Gasteiger partial charge in [0.15, 0.2) is 0 Å². The first kappa shape index (κ1) is 27.3. The van der Waals surface area contributed by atoms with Gasteiger partial charge in [-0.1, -0.05) is 65.7 Å². The van der Waals surface area contributed by atoms with Gasteiger partial charge in [-0.25, -0.2) is 4.79 Å². The molecule has 0 aromatic rings. The number of aliphatic carboxylic acids is 1. The molecule has 3 heteroatoms. The Morgan fingerprint density at radius 1 is 0.903 bits per heavy atom. The van der Waals surface area contributed by atoms with Gasteiger partial charge in [0.1, 0.15) is 0 Å². The summed E-state index contributed by atoms with van der Waals surface area (Å²) in [4.78, 5) is 12.2. The van der Waals surface area contributed by atoms with Crippen LogP contribution in [0.3, 0.4) is 0 Å². The van der Waals surface area contributed by atoms with Crippen molar-refractivity contribution in [1.29, 1.82) is 0 Å². The van der Waals surface area contributed by atoms with Crippen LogP contribution in [0.1, 0.15) is 92.4 Å². The van der Waals surface area contributed by atoms with Crippen LogP contribution in [0.5, 0.6) is 0 Å². The van der Waals surface area contributed by atoms with Gasteiger partial charge in [0, 0.05) is 10.7 Å². The van der Waals surface area contributed by atoms with Gasteiger partial charge in [0.05, 0.1) is 5.57 Å². The molecular weight excluding hydrogens is 400 g/mol.